The standard InChI is InChI=1S/C14H22N2O5/c1-18-6-4-15-14(17)16-5-7-21-13-9-11(19-2)8-12(10-13)20-3/h8-10H,4-7H2,1-3H3,(H2,15,16,17). The van der Waals surface area contributed by atoms with Crippen molar-refractivity contribution in [2.75, 3.05) is 47.6 Å². The summed E-state index contributed by atoms with van der Waals surface area (Å²) in [7, 11) is 4.73. The molecule has 1 aromatic rings. The van der Waals surface area contributed by atoms with Gasteiger partial charge < -0.3 is 29.6 Å². The Kier molecular flexibility index (Phi) is 7.81. The molecule has 0 bridgehead atoms. The number of nitrogens with one attached hydrogen (secondary N) is 2. The Hall–Kier alpha value is -2.15. The third-order valence-electron chi connectivity index (χ3n) is 2.57. The van der Waals surface area contributed by atoms with Crippen LogP contribution in [0.1, 0.15) is 0 Å². The number of methoxy groups -OCH3 is 3. The number of carbonyl (C=O) groups excluding carboxylic acids is 1. The first kappa shape index (κ1) is 16.9. The van der Waals surface area contributed by atoms with Crippen LogP contribution in [0, 0.1) is 0 Å². The Balaban J connectivity index is 2.30. The molecule has 0 aliphatic rings. The predicted molar refractivity (Wildman–Crippen MR) is 78.3 cm³/mol. The molecule has 0 aliphatic carbocycles. The van der Waals surface area contributed by atoms with Gasteiger partial charge in [0.15, 0.2) is 0 Å². The van der Waals surface area contributed by atoms with Gasteiger partial charge in [0.25, 0.3) is 0 Å². The highest BCUT2D eigenvalue weighted by molar-refractivity contribution is 5.73. The van der Waals surface area contributed by atoms with Gasteiger partial charge in [-0.05, 0) is 0 Å². The van der Waals surface area contributed by atoms with E-state index in [1.54, 1.807) is 39.5 Å². The Bertz CT molecular complexity index is 417. The lowest BCUT2D eigenvalue weighted by Gasteiger charge is -2.11. The zero-order valence-corrected chi connectivity index (χ0v) is 12.6. The minimum Gasteiger partial charge on any atom is -0.496 e. The number of benzene rings is 1. The molecule has 2 amide bonds. The summed E-state index contributed by atoms with van der Waals surface area (Å²) in [4.78, 5) is 11.4. The molecule has 0 saturated carbocycles. The van der Waals surface area contributed by atoms with Gasteiger partial charge in [-0.2, -0.15) is 0 Å². The molecule has 7 nitrogen and oxygen atoms in total. The number of carbonyl (C=O) groups is 1. The Labute approximate surface area is 124 Å². The first-order chi connectivity index (χ1) is 10.2. The van der Waals surface area contributed by atoms with Gasteiger partial charge in [0.2, 0.25) is 0 Å². The molecule has 0 radical (unpaired) electrons. The topological polar surface area (TPSA) is 78.1 Å². The summed E-state index contributed by atoms with van der Waals surface area (Å²) in [6.45, 7) is 1.68. The van der Waals surface area contributed by atoms with Crippen LogP contribution in [0.4, 0.5) is 4.79 Å². The van der Waals surface area contributed by atoms with Crippen LogP contribution >= 0.6 is 0 Å². The molecule has 0 saturated heterocycles. The summed E-state index contributed by atoms with van der Waals surface area (Å²) >= 11 is 0. The summed E-state index contributed by atoms with van der Waals surface area (Å²) in [5, 5.41) is 5.32. The van der Waals surface area contributed by atoms with Crippen molar-refractivity contribution in [1.82, 2.24) is 10.6 Å². The molecule has 0 aromatic heterocycles. The average molecular weight is 298 g/mol. The maximum absolute atomic E-state index is 11.4. The highest BCUT2D eigenvalue weighted by Gasteiger charge is 2.03. The van der Waals surface area contributed by atoms with Gasteiger partial charge in [-0.3, -0.25) is 0 Å². The van der Waals surface area contributed by atoms with Crippen LogP contribution in [-0.4, -0.2) is 53.7 Å². The molecule has 0 spiro atoms. The second-order valence-corrected chi connectivity index (χ2v) is 4.07. The summed E-state index contributed by atoms with van der Waals surface area (Å²) < 4.78 is 20.7. The minimum absolute atomic E-state index is 0.251. The van der Waals surface area contributed by atoms with Gasteiger partial charge in [0, 0.05) is 31.9 Å². The van der Waals surface area contributed by atoms with Crippen molar-refractivity contribution in [3.05, 3.63) is 18.2 Å². The van der Waals surface area contributed by atoms with E-state index in [1.165, 1.54) is 0 Å². The van der Waals surface area contributed by atoms with E-state index in [0.29, 0.717) is 43.6 Å². The molecule has 21 heavy (non-hydrogen) atoms. The van der Waals surface area contributed by atoms with E-state index in [4.69, 9.17) is 18.9 Å². The number of rotatable bonds is 9. The molecule has 1 aromatic carbocycles. The molecule has 0 heterocycles. The number of ether oxygens (including phenoxy) is 4. The number of hydrogen-bond acceptors (Lipinski definition) is 5. The normalized spacial score (nSPS) is 9.86. The fourth-order valence-electron chi connectivity index (χ4n) is 1.53. The van der Waals surface area contributed by atoms with Crippen molar-refractivity contribution in [1.29, 1.82) is 0 Å². The van der Waals surface area contributed by atoms with Crippen LogP contribution in [-0.2, 0) is 4.74 Å². The van der Waals surface area contributed by atoms with E-state index >= 15 is 0 Å². The number of urea groups is 1. The Morgan fingerprint density at radius 3 is 1.95 bits per heavy atom. The number of amides is 2. The Morgan fingerprint density at radius 1 is 0.905 bits per heavy atom. The minimum atomic E-state index is -0.251. The monoisotopic (exact) mass is 298 g/mol. The quantitative estimate of drug-likeness (QED) is 0.666. The fraction of sp³-hybridized carbons (Fsp3) is 0.500. The molecule has 0 atom stereocenters. The molecule has 0 aliphatic heterocycles. The molecule has 118 valence electrons. The first-order valence-corrected chi connectivity index (χ1v) is 6.56. The maximum atomic E-state index is 11.4. The summed E-state index contributed by atoms with van der Waals surface area (Å²) in [6, 6.07) is 5.01. The summed E-state index contributed by atoms with van der Waals surface area (Å²) in [6.07, 6.45) is 0. The van der Waals surface area contributed by atoms with Crippen molar-refractivity contribution in [3.63, 3.8) is 0 Å². The highest BCUT2D eigenvalue weighted by atomic mass is 16.5. The van der Waals surface area contributed by atoms with E-state index in [-0.39, 0.29) is 6.03 Å². The summed E-state index contributed by atoms with van der Waals surface area (Å²) in [5.74, 6) is 1.91. The van der Waals surface area contributed by atoms with Crippen molar-refractivity contribution < 1.29 is 23.7 Å². The van der Waals surface area contributed by atoms with Crippen LogP contribution in [0.15, 0.2) is 18.2 Å². The maximum Gasteiger partial charge on any atom is 0.314 e. The van der Waals surface area contributed by atoms with Crippen molar-refractivity contribution in [2.24, 2.45) is 0 Å². The lowest BCUT2D eigenvalue weighted by molar-refractivity contribution is 0.195. The van der Waals surface area contributed by atoms with E-state index in [0.717, 1.165) is 0 Å². The zero-order chi connectivity index (χ0) is 15.5. The smallest absolute Gasteiger partial charge is 0.314 e. The average Bonchev–Trinajstić information content (AvgIpc) is 2.51. The molecule has 0 unspecified atom stereocenters. The molecule has 1 rings (SSSR count). The van der Waals surface area contributed by atoms with Crippen molar-refractivity contribution in [2.45, 2.75) is 0 Å². The SMILES string of the molecule is COCCNC(=O)NCCOc1cc(OC)cc(OC)c1. The van der Waals surface area contributed by atoms with Gasteiger partial charge in [-0.1, -0.05) is 0 Å². The van der Waals surface area contributed by atoms with Crippen LogP contribution in [0.5, 0.6) is 17.2 Å². The Morgan fingerprint density at radius 2 is 1.43 bits per heavy atom. The third-order valence-corrected chi connectivity index (χ3v) is 2.57. The predicted octanol–water partition coefficient (Wildman–Crippen LogP) is 1.03. The highest BCUT2D eigenvalue weighted by Crippen LogP contribution is 2.27. The fourth-order valence-corrected chi connectivity index (χ4v) is 1.53. The van der Waals surface area contributed by atoms with Crippen LogP contribution in [0.3, 0.4) is 0 Å². The van der Waals surface area contributed by atoms with Gasteiger partial charge >= 0.3 is 6.03 Å². The zero-order valence-electron chi connectivity index (χ0n) is 12.6. The molecule has 0 fully saturated rings. The van der Waals surface area contributed by atoms with Crippen LogP contribution in [0.2, 0.25) is 0 Å². The van der Waals surface area contributed by atoms with Crippen LogP contribution < -0.4 is 24.8 Å². The van der Waals surface area contributed by atoms with Crippen molar-refractivity contribution in [3.8, 4) is 17.2 Å². The molecular formula is C14H22N2O5. The van der Waals surface area contributed by atoms with E-state index in [1.807, 2.05) is 0 Å². The van der Waals surface area contributed by atoms with Gasteiger partial charge in [0.1, 0.15) is 23.9 Å². The largest absolute Gasteiger partial charge is 0.496 e. The van der Waals surface area contributed by atoms with Crippen LogP contribution in [0.25, 0.3) is 0 Å². The first-order valence-electron chi connectivity index (χ1n) is 6.56. The lowest BCUT2D eigenvalue weighted by Crippen LogP contribution is -2.39. The van der Waals surface area contributed by atoms with E-state index in [9.17, 15) is 4.79 Å². The molecular weight excluding hydrogens is 276 g/mol. The number of hydrogen-bond donors (Lipinski definition) is 2. The summed E-state index contributed by atoms with van der Waals surface area (Å²) in [5.41, 5.74) is 0. The lowest BCUT2D eigenvalue weighted by atomic mass is 10.3. The van der Waals surface area contributed by atoms with E-state index in [2.05, 4.69) is 10.6 Å². The molecule has 7 heteroatoms. The van der Waals surface area contributed by atoms with Gasteiger partial charge in [0.05, 0.1) is 27.4 Å². The van der Waals surface area contributed by atoms with E-state index < -0.39 is 0 Å². The van der Waals surface area contributed by atoms with Gasteiger partial charge in [-0.15, -0.1) is 0 Å². The third kappa shape index (κ3) is 6.71. The van der Waals surface area contributed by atoms with Crippen molar-refractivity contribution >= 4 is 6.03 Å². The second-order valence-electron chi connectivity index (χ2n) is 4.07. The van der Waals surface area contributed by atoms with Gasteiger partial charge in [-0.25, -0.2) is 4.79 Å². The second kappa shape index (κ2) is 9.71. The molecule has 2 N–H and O–H groups in total.